The maximum absolute atomic E-state index is 12.7. The van der Waals surface area contributed by atoms with E-state index in [1.165, 1.54) is 0 Å². The first-order chi connectivity index (χ1) is 13.6. The van der Waals surface area contributed by atoms with Gasteiger partial charge in [-0.2, -0.15) is 0 Å². The van der Waals surface area contributed by atoms with E-state index in [-0.39, 0.29) is 32.0 Å². The van der Waals surface area contributed by atoms with Crippen LogP contribution in [-0.2, 0) is 57.7 Å². The molecule has 169 valence electrons. The van der Waals surface area contributed by atoms with Gasteiger partial charge in [0.1, 0.15) is 15.7 Å². The Bertz CT molecular complexity index is 919. The van der Waals surface area contributed by atoms with Crippen LogP contribution in [0, 0.1) is 0 Å². The van der Waals surface area contributed by atoms with Gasteiger partial charge in [-0.25, -0.2) is 13.1 Å². The van der Waals surface area contributed by atoms with Crippen molar-refractivity contribution >= 4 is 46.7 Å². The van der Waals surface area contributed by atoms with E-state index in [1.807, 2.05) is 24.3 Å². The van der Waals surface area contributed by atoms with Gasteiger partial charge >= 0.3 is 0 Å². The van der Waals surface area contributed by atoms with Gasteiger partial charge in [-0.05, 0) is 61.7 Å². The summed E-state index contributed by atoms with van der Waals surface area (Å²) in [5, 5.41) is 0. The summed E-state index contributed by atoms with van der Waals surface area (Å²) < 4.78 is 29.8. The molecule has 1 heterocycles. The van der Waals surface area contributed by atoms with E-state index in [0.717, 1.165) is 37.2 Å². The van der Waals surface area contributed by atoms with E-state index >= 15 is 0 Å². The van der Waals surface area contributed by atoms with Gasteiger partial charge in [0.2, 0.25) is 0 Å². The molecular formula is C21H27AuN3O2S3-2. The number of likely N-dealkylation sites (tertiary alicyclic amines) is 1. The summed E-state index contributed by atoms with van der Waals surface area (Å²) in [5.41, 5.74) is 2.66. The van der Waals surface area contributed by atoms with Crippen molar-refractivity contribution in [3.63, 3.8) is 0 Å². The van der Waals surface area contributed by atoms with Gasteiger partial charge in [0.15, 0.2) is 0 Å². The van der Waals surface area contributed by atoms with Crippen LogP contribution in [0.2, 0.25) is 0 Å². The summed E-state index contributed by atoms with van der Waals surface area (Å²) in [5.74, 6) is 0.409. The number of piperidine rings is 1. The number of sulfonamides is 1. The monoisotopic (exact) mass is 646 g/mol. The van der Waals surface area contributed by atoms with Gasteiger partial charge in [0.05, 0.1) is 26.0 Å². The number of hydrogen-bond donors (Lipinski definition) is 0. The minimum absolute atomic E-state index is 0. The summed E-state index contributed by atoms with van der Waals surface area (Å²) in [6.07, 6.45) is 1.97. The maximum Gasteiger partial charge on any atom is 0.132 e. The summed E-state index contributed by atoms with van der Waals surface area (Å²) in [4.78, 5) is 2.34. The first-order valence-electron chi connectivity index (χ1n) is 9.62. The van der Waals surface area contributed by atoms with Gasteiger partial charge in [-0.1, -0.05) is 24.3 Å². The van der Waals surface area contributed by atoms with Crippen LogP contribution in [0.25, 0.3) is 4.72 Å². The Kier molecular flexibility index (Phi) is 8.98. The molecule has 9 heteroatoms. The van der Waals surface area contributed by atoms with Crippen LogP contribution < -0.4 is 4.48 Å². The molecule has 2 aromatic rings. The number of rotatable bonds is 6. The molecule has 1 radical (unpaired) electrons. The van der Waals surface area contributed by atoms with Crippen LogP contribution in [0.4, 0.5) is 11.4 Å². The van der Waals surface area contributed by atoms with Crippen molar-refractivity contribution in [1.82, 2.24) is 9.38 Å². The standard InChI is InChI=1S/C21H29N3O2S3.Au/c1-24(2,3)19-8-6-18(7-9-19)22-29(25,26)20-10-4-16(5-11-20)17-12-14-23(15-13-17)21(27)28;/h4-11,17,21,27-28H,12-15H2,1-3H3;/p-2. The molecule has 30 heavy (non-hydrogen) atoms. The second-order valence-electron chi connectivity index (χ2n) is 8.28. The Morgan fingerprint density at radius 3 is 1.97 bits per heavy atom. The van der Waals surface area contributed by atoms with Crippen LogP contribution in [0.5, 0.6) is 0 Å². The van der Waals surface area contributed by atoms with E-state index in [9.17, 15) is 8.42 Å². The van der Waals surface area contributed by atoms with E-state index in [0.29, 0.717) is 16.1 Å². The molecule has 2 aromatic carbocycles. The van der Waals surface area contributed by atoms with Crippen molar-refractivity contribution < 1.29 is 30.8 Å². The largest absolute Gasteiger partial charge is 0.800 e. The molecule has 0 unspecified atom stereocenters. The first kappa shape index (κ1) is 25.8. The van der Waals surface area contributed by atoms with Gasteiger partial charge < -0.3 is 34.9 Å². The van der Waals surface area contributed by atoms with Crippen molar-refractivity contribution in [2.45, 2.75) is 28.4 Å². The molecule has 0 saturated carbocycles. The zero-order valence-corrected chi connectivity index (χ0v) is 21.9. The number of quaternary nitrogens is 1. The van der Waals surface area contributed by atoms with E-state index in [1.54, 1.807) is 24.3 Å². The van der Waals surface area contributed by atoms with E-state index in [2.05, 4.69) is 30.8 Å². The van der Waals surface area contributed by atoms with Crippen LogP contribution in [0.1, 0.15) is 24.3 Å². The molecular weight excluding hydrogens is 619 g/mol. The van der Waals surface area contributed by atoms with Crippen LogP contribution >= 0.6 is 0 Å². The fourth-order valence-electron chi connectivity index (χ4n) is 3.51. The third-order valence-corrected chi connectivity index (χ3v) is 7.24. The first-order valence-corrected chi connectivity index (χ1v) is 12.0. The number of hydrogen-bond acceptors (Lipinski definition) is 5. The molecule has 5 nitrogen and oxygen atoms in total. The van der Waals surface area contributed by atoms with Crippen molar-refractivity contribution in [1.29, 1.82) is 0 Å². The van der Waals surface area contributed by atoms with Crippen molar-refractivity contribution in [3.8, 4) is 0 Å². The summed E-state index contributed by atoms with van der Waals surface area (Å²) in [6.45, 7) is 1.78. The molecule has 0 amide bonds. The molecule has 1 fully saturated rings. The maximum atomic E-state index is 12.7. The minimum atomic E-state index is -3.75. The number of benzene rings is 2. The summed E-state index contributed by atoms with van der Waals surface area (Å²) in [7, 11) is 2.42. The summed E-state index contributed by atoms with van der Waals surface area (Å²) >= 11 is 10.3. The average Bonchev–Trinajstić information content (AvgIpc) is 2.67. The minimum Gasteiger partial charge on any atom is -0.800 e. The van der Waals surface area contributed by atoms with Gasteiger partial charge in [-0.3, -0.25) is 4.48 Å². The third-order valence-electron chi connectivity index (χ3n) is 5.33. The number of nitrogens with zero attached hydrogens (tertiary/aromatic N) is 3. The molecule has 1 aliphatic heterocycles. The molecule has 0 atom stereocenters. The molecule has 1 aliphatic rings. The Balaban J connectivity index is 0.00000320. The Morgan fingerprint density at radius 2 is 1.50 bits per heavy atom. The second-order valence-corrected chi connectivity index (χ2v) is 11.1. The molecule has 0 aromatic heterocycles. The Labute approximate surface area is 207 Å². The molecule has 0 N–H and O–H groups in total. The smallest absolute Gasteiger partial charge is 0.132 e. The zero-order valence-electron chi connectivity index (χ0n) is 17.3. The van der Waals surface area contributed by atoms with Crippen molar-refractivity contribution in [3.05, 3.63) is 58.8 Å². The van der Waals surface area contributed by atoms with Crippen LogP contribution in [0.3, 0.4) is 0 Å². The van der Waals surface area contributed by atoms with Gasteiger partial charge in [-0.15, -0.1) is 5.69 Å². The fraction of sp³-hybridized carbons (Fsp3) is 0.429. The fourth-order valence-corrected chi connectivity index (χ4v) is 4.91. The van der Waals surface area contributed by atoms with Gasteiger partial charge in [0, 0.05) is 22.4 Å². The molecule has 1 saturated heterocycles. The van der Waals surface area contributed by atoms with Crippen LogP contribution in [0.15, 0.2) is 53.4 Å². The quantitative estimate of drug-likeness (QED) is 0.272. The molecule has 3 rings (SSSR count). The molecule has 0 spiro atoms. The van der Waals surface area contributed by atoms with Crippen LogP contribution in [-0.4, -0.2) is 52.3 Å². The van der Waals surface area contributed by atoms with Gasteiger partial charge in [0.25, 0.3) is 0 Å². The Hall–Kier alpha value is -0.450. The third kappa shape index (κ3) is 6.53. The zero-order chi connectivity index (χ0) is 21.2. The predicted octanol–water partition coefficient (Wildman–Crippen LogP) is 3.83. The molecule has 0 bridgehead atoms. The average molecular weight is 647 g/mol. The molecule has 0 aliphatic carbocycles. The second kappa shape index (κ2) is 10.4. The van der Waals surface area contributed by atoms with Crippen molar-refractivity contribution in [2.24, 2.45) is 0 Å². The van der Waals surface area contributed by atoms with E-state index in [4.69, 9.17) is 25.3 Å². The SMILES string of the molecule is C[N+](C)(C)c1ccc([N-]S(=O)(=O)c2ccc(C3CCN(C([S-])[S-])CC3)cc2)cc1.[Au]. The topological polar surface area (TPSA) is 51.5 Å². The van der Waals surface area contributed by atoms with Crippen molar-refractivity contribution in [2.75, 3.05) is 34.2 Å². The Morgan fingerprint density at radius 1 is 0.967 bits per heavy atom. The van der Waals surface area contributed by atoms with E-state index < -0.39 is 10.0 Å². The normalized spacial score (nSPS) is 16.3. The summed E-state index contributed by atoms with van der Waals surface area (Å²) in [6, 6.07) is 14.4. The predicted molar refractivity (Wildman–Crippen MR) is 125 cm³/mol.